The number of rotatable bonds is 3. The summed E-state index contributed by atoms with van der Waals surface area (Å²) in [5.74, 6) is 1.23. The molecule has 0 saturated carbocycles. The Morgan fingerprint density at radius 3 is 2.73 bits per heavy atom. The van der Waals surface area contributed by atoms with Crippen LogP contribution in [-0.2, 0) is 0 Å². The van der Waals surface area contributed by atoms with E-state index >= 15 is 0 Å². The van der Waals surface area contributed by atoms with Crippen LogP contribution >= 0.6 is 24.2 Å². The average Bonchev–Trinajstić information content (AvgIpc) is 3.23. The molecule has 26 heavy (non-hydrogen) atoms. The zero-order valence-electron chi connectivity index (χ0n) is 15.1. The number of carbonyl (C=O) groups excluding carboxylic acids is 1. The summed E-state index contributed by atoms with van der Waals surface area (Å²) in [6.07, 6.45) is 2.05. The van der Waals surface area contributed by atoms with Gasteiger partial charge >= 0.3 is 0 Å². The highest BCUT2D eigenvalue weighted by Crippen LogP contribution is 2.44. The molecular formula is C21H25ClN2OS. The lowest BCUT2D eigenvalue weighted by atomic mass is 9.87. The first-order valence-electron chi connectivity index (χ1n) is 8.90. The van der Waals surface area contributed by atoms with Gasteiger partial charge in [-0.1, -0.05) is 30.3 Å². The van der Waals surface area contributed by atoms with E-state index in [1.54, 1.807) is 11.8 Å². The van der Waals surface area contributed by atoms with E-state index in [2.05, 4.69) is 47.5 Å². The van der Waals surface area contributed by atoms with E-state index in [1.807, 2.05) is 24.5 Å². The molecule has 0 unspecified atom stereocenters. The molecule has 2 aliphatic rings. The van der Waals surface area contributed by atoms with Gasteiger partial charge in [0.2, 0.25) is 0 Å². The number of likely N-dealkylation sites (tertiary alicyclic amines) is 1. The highest BCUT2D eigenvalue weighted by molar-refractivity contribution is 7.98. The zero-order chi connectivity index (χ0) is 17.4. The van der Waals surface area contributed by atoms with Crippen LogP contribution in [0.1, 0.15) is 27.5 Å². The number of hydrogen-bond acceptors (Lipinski definition) is 3. The van der Waals surface area contributed by atoms with Crippen LogP contribution in [0.5, 0.6) is 0 Å². The van der Waals surface area contributed by atoms with Gasteiger partial charge in [-0.2, -0.15) is 0 Å². The minimum atomic E-state index is 0. The fourth-order valence-corrected chi connectivity index (χ4v) is 4.83. The van der Waals surface area contributed by atoms with Gasteiger partial charge in [-0.05, 0) is 48.4 Å². The van der Waals surface area contributed by atoms with Gasteiger partial charge in [-0.3, -0.25) is 4.79 Å². The van der Waals surface area contributed by atoms with Crippen LogP contribution in [0, 0.1) is 18.8 Å². The highest BCUT2D eigenvalue weighted by Gasteiger charge is 2.47. The molecule has 5 heteroatoms. The van der Waals surface area contributed by atoms with Crippen molar-refractivity contribution in [1.29, 1.82) is 0 Å². The lowest BCUT2D eigenvalue weighted by Gasteiger charge is -2.29. The van der Waals surface area contributed by atoms with E-state index in [0.29, 0.717) is 11.8 Å². The number of carbonyl (C=O) groups is 1. The van der Waals surface area contributed by atoms with Crippen LogP contribution in [0.2, 0.25) is 0 Å². The maximum atomic E-state index is 13.3. The van der Waals surface area contributed by atoms with Gasteiger partial charge in [0.25, 0.3) is 5.91 Å². The van der Waals surface area contributed by atoms with Crippen molar-refractivity contribution in [3.63, 3.8) is 0 Å². The summed E-state index contributed by atoms with van der Waals surface area (Å²) >= 11 is 1.68. The van der Waals surface area contributed by atoms with E-state index in [1.165, 1.54) is 11.1 Å². The van der Waals surface area contributed by atoms with Crippen molar-refractivity contribution >= 4 is 30.1 Å². The number of nitrogens with zero attached hydrogens (tertiary/aromatic N) is 1. The molecule has 1 N–H and O–H groups in total. The quantitative estimate of drug-likeness (QED) is 0.801. The number of nitrogens with one attached hydrogen (secondary N) is 1. The minimum Gasteiger partial charge on any atom is -0.331 e. The Morgan fingerprint density at radius 2 is 1.96 bits per heavy atom. The van der Waals surface area contributed by atoms with Gasteiger partial charge < -0.3 is 10.2 Å². The second kappa shape index (κ2) is 8.03. The van der Waals surface area contributed by atoms with E-state index in [9.17, 15) is 4.79 Å². The molecule has 2 heterocycles. The molecule has 0 spiro atoms. The second-order valence-corrected chi connectivity index (χ2v) is 7.95. The molecule has 4 rings (SSSR count). The third-order valence-corrected chi connectivity index (χ3v) is 6.37. The molecule has 3 atom stereocenters. The van der Waals surface area contributed by atoms with Gasteiger partial charge in [0, 0.05) is 36.0 Å². The third kappa shape index (κ3) is 3.38. The van der Waals surface area contributed by atoms with Crippen LogP contribution in [0.15, 0.2) is 53.4 Å². The Morgan fingerprint density at radius 1 is 1.15 bits per heavy atom. The van der Waals surface area contributed by atoms with Crippen molar-refractivity contribution in [2.45, 2.75) is 17.9 Å². The van der Waals surface area contributed by atoms with Crippen LogP contribution in [0.3, 0.4) is 0 Å². The largest absolute Gasteiger partial charge is 0.331 e. The van der Waals surface area contributed by atoms with Gasteiger partial charge in [0.15, 0.2) is 0 Å². The second-order valence-electron chi connectivity index (χ2n) is 7.07. The van der Waals surface area contributed by atoms with Crippen LogP contribution in [-0.4, -0.2) is 36.7 Å². The number of aryl methyl sites for hydroxylation is 1. The summed E-state index contributed by atoms with van der Waals surface area (Å²) in [5.41, 5.74) is 3.38. The van der Waals surface area contributed by atoms with Crippen molar-refractivity contribution in [2.24, 2.45) is 11.8 Å². The Bertz CT molecular complexity index is 797. The highest BCUT2D eigenvalue weighted by atomic mass is 35.5. The monoisotopic (exact) mass is 388 g/mol. The Balaban J connectivity index is 0.00000196. The first-order valence-corrected chi connectivity index (χ1v) is 10.1. The smallest absolute Gasteiger partial charge is 0.254 e. The number of fused-ring (bicyclic) bond motifs is 1. The fourth-order valence-electron chi connectivity index (χ4n) is 4.37. The predicted molar refractivity (Wildman–Crippen MR) is 110 cm³/mol. The van der Waals surface area contributed by atoms with Crippen molar-refractivity contribution in [1.82, 2.24) is 10.2 Å². The summed E-state index contributed by atoms with van der Waals surface area (Å²) < 4.78 is 0. The minimum absolute atomic E-state index is 0. The number of amides is 1. The molecule has 2 saturated heterocycles. The zero-order valence-corrected chi connectivity index (χ0v) is 16.8. The van der Waals surface area contributed by atoms with Crippen molar-refractivity contribution in [3.05, 3.63) is 65.2 Å². The maximum absolute atomic E-state index is 13.3. The van der Waals surface area contributed by atoms with Gasteiger partial charge in [0.1, 0.15) is 0 Å². The lowest BCUT2D eigenvalue weighted by molar-refractivity contribution is 0.0713. The summed E-state index contributed by atoms with van der Waals surface area (Å²) in [7, 11) is 0. The molecule has 2 aliphatic heterocycles. The molecule has 0 bridgehead atoms. The lowest BCUT2D eigenvalue weighted by Crippen LogP contribution is -2.35. The number of thioether (sulfide) groups is 1. The molecule has 2 aromatic carbocycles. The summed E-state index contributed by atoms with van der Waals surface area (Å²) in [4.78, 5) is 16.6. The first kappa shape index (κ1) is 19.3. The number of benzene rings is 2. The number of halogens is 1. The predicted octanol–water partition coefficient (Wildman–Crippen LogP) is 4.17. The van der Waals surface area contributed by atoms with Gasteiger partial charge in [0.05, 0.1) is 6.04 Å². The SMILES string of the molecule is CSc1cccc(C(=O)N2C[C@@H]3CNC[C@@H]3[C@H]2c2ccccc2C)c1.Cl. The van der Waals surface area contributed by atoms with E-state index in [0.717, 1.165) is 30.1 Å². The van der Waals surface area contributed by atoms with Crippen LogP contribution in [0.4, 0.5) is 0 Å². The normalized spacial score (nSPS) is 24.2. The summed E-state index contributed by atoms with van der Waals surface area (Å²) in [6.45, 7) is 5.01. The van der Waals surface area contributed by atoms with Crippen molar-refractivity contribution in [3.8, 4) is 0 Å². The summed E-state index contributed by atoms with van der Waals surface area (Å²) in [5, 5.41) is 3.52. The van der Waals surface area contributed by atoms with E-state index in [4.69, 9.17) is 0 Å². The van der Waals surface area contributed by atoms with E-state index < -0.39 is 0 Å². The third-order valence-electron chi connectivity index (χ3n) is 5.65. The average molecular weight is 389 g/mol. The number of hydrogen-bond donors (Lipinski definition) is 1. The Hall–Kier alpha value is -1.49. The fraction of sp³-hybridized carbons (Fsp3) is 0.381. The molecule has 0 aliphatic carbocycles. The standard InChI is InChI=1S/C21H24N2OS.ClH/c1-14-6-3-4-9-18(14)20-19-12-22-11-16(19)13-23(20)21(24)15-7-5-8-17(10-15)25-2;/h3-10,16,19-20,22H,11-13H2,1-2H3;1H/t16-,19-,20+;/m0./s1. The maximum Gasteiger partial charge on any atom is 0.254 e. The van der Waals surface area contributed by atoms with Gasteiger partial charge in [-0.15, -0.1) is 24.2 Å². The molecule has 1 amide bonds. The Labute approximate surface area is 166 Å². The Kier molecular flexibility index (Phi) is 5.96. The van der Waals surface area contributed by atoms with Crippen molar-refractivity contribution in [2.75, 3.05) is 25.9 Å². The molecule has 2 aromatic rings. The molecular weight excluding hydrogens is 364 g/mol. The van der Waals surface area contributed by atoms with E-state index in [-0.39, 0.29) is 24.4 Å². The van der Waals surface area contributed by atoms with Crippen LogP contribution in [0.25, 0.3) is 0 Å². The molecule has 0 aromatic heterocycles. The summed E-state index contributed by atoms with van der Waals surface area (Å²) in [6, 6.07) is 16.7. The molecule has 138 valence electrons. The first-order chi connectivity index (χ1) is 12.2. The molecule has 0 radical (unpaired) electrons. The molecule has 3 nitrogen and oxygen atoms in total. The topological polar surface area (TPSA) is 32.3 Å². The molecule has 2 fully saturated rings. The van der Waals surface area contributed by atoms with Crippen LogP contribution < -0.4 is 5.32 Å². The van der Waals surface area contributed by atoms with Crippen molar-refractivity contribution < 1.29 is 4.79 Å². The van der Waals surface area contributed by atoms with Gasteiger partial charge in [-0.25, -0.2) is 0 Å².